The molecule has 0 radical (unpaired) electrons. The van der Waals surface area contributed by atoms with E-state index < -0.39 is 4.92 Å². The SMILES string of the molecule is O=C(N/N=C\c1ccccc1OCc1ccc([N+](=O)[O-])cc1)c1ccc(Cl)cc1. The highest BCUT2D eigenvalue weighted by molar-refractivity contribution is 6.30. The summed E-state index contributed by atoms with van der Waals surface area (Å²) < 4.78 is 5.79. The third-order valence-corrected chi connectivity index (χ3v) is 4.19. The van der Waals surface area contributed by atoms with E-state index in [-0.39, 0.29) is 18.2 Å². The summed E-state index contributed by atoms with van der Waals surface area (Å²) in [6.07, 6.45) is 1.49. The molecule has 1 N–H and O–H groups in total. The van der Waals surface area contributed by atoms with Crippen molar-refractivity contribution in [2.45, 2.75) is 6.61 Å². The van der Waals surface area contributed by atoms with Crippen molar-refractivity contribution >= 4 is 29.4 Å². The van der Waals surface area contributed by atoms with Gasteiger partial charge in [0, 0.05) is 28.3 Å². The number of hydrogen-bond acceptors (Lipinski definition) is 5. The fourth-order valence-corrected chi connectivity index (χ4v) is 2.55. The normalized spacial score (nSPS) is 10.7. The smallest absolute Gasteiger partial charge is 0.271 e. The summed E-state index contributed by atoms with van der Waals surface area (Å²) >= 11 is 5.81. The molecule has 146 valence electrons. The minimum Gasteiger partial charge on any atom is -0.488 e. The first-order valence-electron chi connectivity index (χ1n) is 8.57. The van der Waals surface area contributed by atoms with Gasteiger partial charge in [-0.1, -0.05) is 23.7 Å². The number of nitro benzene ring substituents is 1. The molecule has 0 aliphatic heterocycles. The Morgan fingerprint density at radius 3 is 2.45 bits per heavy atom. The largest absolute Gasteiger partial charge is 0.488 e. The Labute approximate surface area is 171 Å². The Kier molecular flexibility index (Phi) is 6.55. The molecule has 0 unspecified atom stereocenters. The number of nitrogens with zero attached hydrogens (tertiary/aromatic N) is 2. The molecule has 0 aliphatic rings. The lowest BCUT2D eigenvalue weighted by molar-refractivity contribution is -0.384. The number of para-hydroxylation sites is 1. The highest BCUT2D eigenvalue weighted by atomic mass is 35.5. The molecule has 0 spiro atoms. The molecule has 0 aromatic heterocycles. The van der Waals surface area contributed by atoms with Crippen molar-refractivity contribution in [3.05, 3.63) is 105 Å². The minimum atomic E-state index is -0.450. The summed E-state index contributed by atoms with van der Waals surface area (Å²) in [4.78, 5) is 22.3. The van der Waals surface area contributed by atoms with Crippen LogP contribution in [-0.2, 0) is 6.61 Å². The Bertz CT molecular complexity index is 1030. The average Bonchev–Trinajstić information content (AvgIpc) is 2.73. The number of hydrazone groups is 1. The third kappa shape index (κ3) is 5.63. The first kappa shape index (κ1) is 20.0. The van der Waals surface area contributed by atoms with E-state index in [0.717, 1.165) is 5.56 Å². The molecule has 8 heteroatoms. The van der Waals surface area contributed by atoms with E-state index in [2.05, 4.69) is 10.5 Å². The summed E-state index contributed by atoms with van der Waals surface area (Å²) in [5.74, 6) is 0.206. The van der Waals surface area contributed by atoms with Gasteiger partial charge < -0.3 is 4.74 Å². The fourth-order valence-electron chi connectivity index (χ4n) is 2.42. The number of non-ortho nitro benzene ring substituents is 1. The molecule has 0 saturated carbocycles. The van der Waals surface area contributed by atoms with Gasteiger partial charge in [0.05, 0.1) is 11.1 Å². The Morgan fingerprint density at radius 2 is 1.76 bits per heavy atom. The van der Waals surface area contributed by atoms with Crippen molar-refractivity contribution in [2.24, 2.45) is 5.10 Å². The van der Waals surface area contributed by atoms with E-state index in [1.165, 1.54) is 18.3 Å². The van der Waals surface area contributed by atoms with Gasteiger partial charge >= 0.3 is 0 Å². The molecule has 0 aliphatic carbocycles. The topological polar surface area (TPSA) is 93.8 Å². The summed E-state index contributed by atoms with van der Waals surface area (Å²) in [5.41, 5.74) is 4.38. The number of nitro groups is 1. The van der Waals surface area contributed by atoms with Crippen molar-refractivity contribution in [2.75, 3.05) is 0 Å². The lowest BCUT2D eigenvalue weighted by atomic mass is 10.2. The minimum absolute atomic E-state index is 0.0257. The van der Waals surface area contributed by atoms with Gasteiger partial charge in [-0.25, -0.2) is 5.43 Å². The van der Waals surface area contributed by atoms with E-state index in [4.69, 9.17) is 16.3 Å². The van der Waals surface area contributed by atoms with Crippen LogP contribution in [0.4, 0.5) is 5.69 Å². The van der Waals surface area contributed by atoms with Gasteiger partial charge in [-0.2, -0.15) is 5.10 Å². The quantitative estimate of drug-likeness (QED) is 0.351. The highest BCUT2D eigenvalue weighted by Gasteiger charge is 2.06. The van der Waals surface area contributed by atoms with Gasteiger partial charge in [-0.3, -0.25) is 14.9 Å². The van der Waals surface area contributed by atoms with Crippen molar-refractivity contribution in [1.29, 1.82) is 0 Å². The van der Waals surface area contributed by atoms with E-state index in [1.54, 1.807) is 48.5 Å². The van der Waals surface area contributed by atoms with Crippen molar-refractivity contribution in [1.82, 2.24) is 5.43 Å². The van der Waals surface area contributed by atoms with Crippen LogP contribution in [0.15, 0.2) is 77.9 Å². The summed E-state index contributed by atoms with van der Waals surface area (Å²) in [6.45, 7) is 0.236. The number of nitrogens with one attached hydrogen (secondary N) is 1. The maximum absolute atomic E-state index is 12.1. The molecule has 3 rings (SSSR count). The maximum Gasteiger partial charge on any atom is 0.271 e. The van der Waals surface area contributed by atoms with Crippen LogP contribution in [0.3, 0.4) is 0 Å². The summed E-state index contributed by atoms with van der Waals surface area (Å²) in [6, 6.07) is 19.8. The first-order chi connectivity index (χ1) is 14.0. The lowest BCUT2D eigenvalue weighted by Gasteiger charge is -2.09. The number of carbonyl (C=O) groups is 1. The van der Waals surface area contributed by atoms with Gasteiger partial charge in [-0.05, 0) is 54.1 Å². The van der Waals surface area contributed by atoms with Crippen molar-refractivity contribution in [3.63, 3.8) is 0 Å². The van der Waals surface area contributed by atoms with E-state index in [9.17, 15) is 14.9 Å². The van der Waals surface area contributed by atoms with Crippen LogP contribution in [0.1, 0.15) is 21.5 Å². The molecular weight excluding hydrogens is 394 g/mol. The standard InChI is InChI=1S/C21H16ClN3O4/c22-18-9-7-16(8-10-18)21(26)24-23-13-17-3-1-2-4-20(17)29-14-15-5-11-19(12-6-15)25(27)28/h1-13H,14H2,(H,24,26)/b23-13-. The molecule has 3 aromatic carbocycles. The molecule has 0 fully saturated rings. The molecule has 0 saturated heterocycles. The highest BCUT2D eigenvalue weighted by Crippen LogP contribution is 2.19. The van der Waals surface area contributed by atoms with Crippen LogP contribution >= 0.6 is 11.6 Å². The number of halogens is 1. The maximum atomic E-state index is 12.1. The van der Waals surface area contributed by atoms with Gasteiger partial charge in [-0.15, -0.1) is 0 Å². The monoisotopic (exact) mass is 409 g/mol. The zero-order chi connectivity index (χ0) is 20.6. The van der Waals surface area contributed by atoms with E-state index in [0.29, 0.717) is 21.9 Å². The van der Waals surface area contributed by atoms with Gasteiger partial charge in [0.2, 0.25) is 0 Å². The Balaban J connectivity index is 1.62. The lowest BCUT2D eigenvalue weighted by Crippen LogP contribution is -2.17. The molecular formula is C21H16ClN3O4. The van der Waals surface area contributed by atoms with E-state index in [1.807, 2.05) is 12.1 Å². The third-order valence-electron chi connectivity index (χ3n) is 3.94. The second-order valence-electron chi connectivity index (χ2n) is 5.96. The molecule has 0 heterocycles. The predicted molar refractivity (Wildman–Crippen MR) is 110 cm³/mol. The molecule has 0 atom stereocenters. The summed E-state index contributed by atoms with van der Waals surface area (Å²) in [5, 5.41) is 15.2. The van der Waals surface area contributed by atoms with Crippen LogP contribution in [0.2, 0.25) is 5.02 Å². The van der Waals surface area contributed by atoms with Gasteiger partial charge in [0.1, 0.15) is 12.4 Å². The zero-order valence-corrected chi connectivity index (χ0v) is 15.9. The number of rotatable bonds is 7. The van der Waals surface area contributed by atoms with Gasteiger partial charge in [0.15, 0.2) is 0 Å². The Hall–Kier alpha value is -3.71. The van der Waals surface area contributed by atoms with Crippen molar-refractivity contribution in [3.8, 4) is 5.75 Å². The number of amides is 1. The molecule has 0 bridgehead atoms. The number of hydrogen-bond donors (Lipinski definition) is 1. The molecule has 1 amide bonds. The Morgan fingerprint density at radius 1 is 1.07 bits per heavy atom. The number of ether oxygens (including phenoxy) is 1. The summed E-state index contributed by atoms with van der Waals surface area (Å²) in [7, 11) is 0. The number of benzene rings is 3. The van der Waals surface area contributed by atoms with Crippen molar-refractivity contribution < 1.29 is 14.5 Å². The zero-order valence-electron chi connectivity index (χ0n) is 15.1. The van der Waals surface area contributed by atoms with Crippen LogP contribution in [0.25, 0.3) is 0 Å². The second kappa shape index (κ2) is 9.48. The van der Waals surface area contributed by atoms with E-state index >= 15 is 0 Å². The molecule has 29 heavy (non-hydrogen) atoms. The molecule has 7 nitrogen and oxygen atoms in total. The predicted octanol–water partition coefficient (Wildman–Crippen LogP) is 4.59. The first-order valence-corrected chi connectivity index (χ1v) is 8.95. The van der Waals surface area contributed by atoms with Gasteiger partial charge in [0.25, 0.3) is 11.6 Å². The molecule has 3 aromatic rings. The van der Waals surface area contributed by atoms with Crippen LogP contribution in [0, 0.1) is 10.1 Å². The van der Waals surface area contributed by atoms with Crippen LogP contribution in [0.5, 0.6) is 5.75 Å². The van der Waals surface area contributed by atoms with Crippen LogP contribution < -0.4 is 10.2 Å². The fraction of sp³-hybridized carbons (Fsp3) is 0.0476. The average molecular weight is 410 g/mol. The van der Waals surface area contributed by atoms with Crippen LogP contribution in [-0.4, -0.2) is 17.0 Å². The second-order valence-corrected chi connectivity index (χ2v) is 6.39. The number of carbonyl (C=O) groups excluding carboxylic acids is 1.